The van der Waals surface area contributed by atoms with Crippen LogP contribution in [0.4, 0.5) is 0 Å². The van der Waals surface area contributed by atoms with Crippen LogP contribution >= 0.6 is 11.3 Å². The molecule has 0 amide bonds. The van der Waals surface area contributed by atoms with E-state index in [0.29, 0.717) is 11.2 Å². The third-order valence-electron chi connectivity index (χ3n) is 2.67. The third-order valence-corrected chi connectivity index (χ3v) is 3.84. The molecule has 0 atom stereocenters. The van der Waals surface area contributed by atoms with E-state index in [1.807, 2.05) is 33.8 Å². The Morgan fingerprint density at radius 1 is 1.39 bits per heavy atom. The lowest BCUT2D eigenvalue weighted by molar-refractivity contribution is 0.0692. The maximum Gasteiger partial charge on any atom is 0.355 e. The molecule has 2 heterocycles. The van der Waals surface area contributed by atoms with Crippen LogP contribution in [0.15, 0.2) is 6.07 Å². The number of fused-ring (bicyclic) bond motifs is 1. The smallest absolute Gasteiger partial charge is 0.355 e. The number of thiophene rings is 1. The molecular weight excluding hydrogens is 248 g/mol. The standard InChI is InChI=1S/C13H16N2O2S/c1-5-7-6-8-9(11(16)17)14-12(13(2,3)4)15-10(8)18-7/h6H,5H2,1-4H3,(H,16,17). The Kier molecular flexibility index (Phi) is 3.11. The first kappa shape index (κ1) is 13.0. The fraction of sp³-hybridized carbons (Fsp3) is 0.462. The summed E-state index contributed by atoms with van der Waals surface area (Å²) in [5, 5.41) is 9.92. The maximum atomic E-state index is 11.3. The molecule has 4 nitrogen and oxygen atoms in total. The topological polar surface area (TPSA) is 63.1 Å². The van der Waals surface area contributed by atoms with Gasteiger partial charge in [-0.2, -0.15) is 0 Å². The van der Waals surface area contributed by atoms with Crippen LogP contribution in [0.3, 0.4) is 0 Å². The van der Waals surface area contributed by atoms with E-state index in [9.17, 15) is 9.90 Å². The van der Waals surface area contributed by atoms with Gasteiger partial charge in [0, 0.05) is 15.7 Å². The van der Waals surface area contributed by atoms with E-state index in [-0.39, 0.29) is 11.1 Å². The molecule has 96 valence electrons. The molecule has 1 N–H and O–H groups in total. The number of aromatic carboxylic acids is 1. The lowest BCUT2D eigenvalue weighted by Crippen LogP contribution is -2.18. The largest absolute Gasteiger partial charge is 0.476 e. The highest BCUT2D eigenvalue weighted by Crippen LogP contribution is 2.29. The molecule has 0 aromatic carbocycles. The highest BCUT2D eigenvalue weighted by molar-refractivity contribution is 7.18. The van der Waals surface area contributed by atoms with Crippen LogP contribution in [0.5, 0.6) is 0 Å². The van der Waals surface area contributed by atoms with E-state index in [0.717, 1.165) is 16.1 Å². The summed E-state index contributed by atoms with van der Waals surface area (Å²) in [6, 6.07) is 1.88. The van der Waals surface area contributed by atoms with Gasteiger partial charge in [-0.1, -0.05) is 27.7 Å². The summed E-state index contributed by atoms with van der Waals surface area (Å²) in [6.45, 7) is 7.99. The van der Waals surface area contributed by atoms with Crippen molar-refractivity contribution in [1.82, 2.24) is 9.97 Å². The van der Waals surface area contributed by atoms with Crippen LogP contribution in [-0.2, 0) is 11.8 Å². The molecule has 0 radical (unpaired) electrons. The van der Waals surface area contributed by atoms with Gasteiger partial charge < -0.3 is 5.11 Å². The molecular formula is C13H16N2O2S. The molecule has 0 fully saturated rings. The predicted octanol–water partition coefficient (Wildman–Crippen LogP) is 3.25. The highest BCUT2D eigenvalue weighted by Gasteiger charge is 2.23. The van der Waals surface area contributed by atoms with Gasteiger partial charge in [-0.25, -0.2) is 14.8 Å². The van der Waals surface area contributed by atoms with E-state index >= 15 is 0 Å². The van der Waals surface area contributed by atoms with E-state index in [4.69, 9.17) is 0 Å². The molecule has 0 bridgehead atoms. The lowest BCUT2D eigenvalue weighted by atomic mass is 9.95. The number of rotatable bonds is 2. The number of aryl methyl sites for hydroxylation is 1. The van der Waals surface area contributed by atoms with E-state index in [1.54, 1.807) is 11.3 Å². The van der Waals surface area contributed by atoms with Crippen molar-refractivity contribution in [3.8, 4) is 0 Å². The van der Waals surface area contributed by atoms with Gasteiger partial charge in [0.1, 0.15) is 10.7 Å². The molecule has 5 heteroatoms. The van der Waals surface area contributed by atoms with Gasteiger partial charge >= 0.3 is 5.97 Å². The summed E-state index contributed by atoms with van der Waals surface area (Å²) in [4.78, 5) is 21.9. The Balaban J connectivity index is 2.76. The zero-order valence-corrected chi connectivity index (χ0v) is 11.8. The number of carbonyl (C=O) groups is 1. The molecule has 0 unspecified atom stereocenters. The Bertz CT molecular complexity index is 611. The van der Waals surface area contributed by atoms with Gasteiger partial charge in [-0.05, 0) is 12.5 Å². The second-order valence-corrected chi connectivity index (χ2v) is 6.35. The molecule has 2 rings (SSSR count). The van der Waals surface area contributed by atoms with Crippen molar-refractivity contribution in [2.45, 2.75) is 39.5 Å². The average Bonchev–Trinajstić information content (AvgIpc) is 2.68. The summed E-state index contributed by atoms with van der Waals surface area (Å²) in [6.07, 6.45) is 0.880. The lowest BCUT2D eigenvalue weighted by Gasteiger charge is -2.16. The Labute approximate surface area is 110 Å². The van der Waals surface area contributed by atoms with Gasteiger partial charge in [0.05, 0.1) is 0 Å². The minimum Gasteiger partial charge on any atom is -0.476 e. The zero-order chi connectivity index (χ0) is 13.5. The van der Waals surface area contributed by atoms with Crippen molar-refractivity contribution < 1.29 is 9.90 Å². The summed E-state index contributed by atoms with van der Waals surface area (Å²) >= 11 is 1.54. The summed E-state index contributed by atoms with van der Waals surface area (Å²) in [5.74, 6) is -0.412. The van der Waals surface area contributed by atoms with Crippen LogP contribution < -0.4 is 0 Å². The van der Waals surface area contributed by atoms with Gasteiger partial charge in [0.15, 0.2) is 5.69 Å². The van der Waals surface area contributed by atoms with Gasteiger partial charge in [0.2, 0.25) is 0 Å². The summed E-state index contributed by atoms with van der Waals surface area (Å²) in [7, 11) is 0. The first-order valence-electron chi connectivity index (χ1n) is 5.87. The fourth-order valence-electron chi connectivity index (χ4n) is 1.64. The first-order chi connectivity index (χ1) is 8.32. The van der Waals surface area contributed by atoms with Crippen molar-refractivity contribution in [3.63, 3.8) is 0 Å². The van der Waals surface area contributed by atoms with Crippen LogP contribution in [0.2, 0.25) is 0 Å². The minimum absolute atomic E-state index is 0.112. The summed E-state index contributed by atoms with van der Waals surface area (Å²) < 4.78 is 0. The molecule has 0 aliphatic carbocycles. The Hall–Kier alpha value is -1.49. The molecule has 0 saturated carbocycles. The maximum absolute atomic E-state index is 11.3. The highest BCUT2D eigenvalue weighted by atomic mass is 32.1. The second-order valence-electron chi connectivity index (χ2n) is 5.24. The fourth-order valence-corrected chi connectivity index (χ4v) is 2.61. The quantitative estimate of drug-likeness (QED) is 0.904. The van der Waals surface area contributed by atoms with Crippen molar-refractivity contribution in [2.75, 3.05) is 0 Å². The van der Waals surface area contributed by atoms with Crippen molar-refractivity contribution >= 4 is 27.5 Å². The molecule has 0 aliphatic heterocycles. The SMILES string of the molecule is CCc1cc2c(C(=O)O)nc(C(C)(C)C)nc2s1. The zero-order valence-electron chi connectivity index (χ0n) is 10.9. The minimum atomic E-state index is -0.992. The van der Waals surface area contributed by atoms with Crippen LogP contribution in [-0.4, -0.2) is 21.0 Å². The predicted molar refractivity (Wildman–Crippen MR) is 72.5 cm³/mol. The number of hydrogen-bond acceptors (Lipinski definition) is 4. The average molecular weight is 264 g/mol. The molecule has 0 spiro atoms. The second kappa shape index (κ2) is 4.31. The van der Waals surface area contributed by atoms with Gasteiger partial charge in [-0.3, -0.25) is 0 Å². The molecule has 0 aliphatic rings. The molecule has 2 aromatic rings. The third kappa shape index (κ3) is 2.22. The van der Waals surface area contributed by atoms with Crippen molar-refractivity contribution in [1.29, 1.82) is 0 Å². The van der Waals surface area contributed by atoms with Gasteiger partial charge in [-0.15, -0.1) is 11.3 Å². The Morgan fingerprint density at radius 3 is 2.56 bits per heavy atom. The van der Waals surface area contributed by atoms with Crippen LogP contribution in [0.25, 0.3) is 10.2 Å². The number of aromatic nitrogens is 2. The van der Waals surface area contributed by atoms with Gasteiger partial charge in [0.25, 0.3) is 0 Å². The molecule has 2 aromatic heterocycles. The van der Waals surface area contributed by atoms with E-state index < -0.39 is 5.97 Å². The monoisotopic (exact) mass is 264 g/mol. The van der Waals surface area contributed by atoms with Crippen molar-refractivity contribution in [3.05, 3.63) is 22.5 Å². The number of nitrogens with zero attached hydrogens (tertiary/aromatic N) is 2. The molecule has 0 saturated heterocycles. The van der Waals surface area contributed by atoms with Crippen molar-refractivity contribution in [2.24, 2.45) is 0 Å². The normalized spacial score (nSPS) is 12.0. The summed E-state index contributed by atoms with van der Waals surface area (Å²) in [5.41, 5.74) is -0.143. The molecule has 18 heavy (non-hydrogen) atoms. The number of carboxylic acid groups (broad SMARTS) is 1. The van der Waals surface area contributed by atoms with E-state index in [1.165, 1.54) is 0 Å². The first-order valence-corrected chi connectivity index (χ1v) is 6.68. The Morgan fingerprint density at radius 2 is 2.06 bits per heavy atom. The number of carboxylic acids is 1. The number of hydrogen-bond donors (Lipinski definition) is 1. The van der Waals surface area contributed by atoms with Crippen LogP contribution in [0, 0.1) is 0 Å². The van der Waals surface area contributed by atoms with E-state index in [2.05, 4.69) is 9.97 Å². The van der Waals surface area contributed by atoms with Crippen LogP contribution in [0.1, 0.15) is 48.9 Å².